The van der Waals surface area contributed by atoms with Gasteiger partial charge in [-0.2, -0.15) is 0 Å². The lowest BCUT2D eigenvalue weighted by Crippen LogP contribution is -2.28. The molecule has 1 aliphatic heterocycles. The van der Waals surface area contributed by atoms with Crippen LogP contribution in [0, 0.1) is 0 Å². The van der Waals surface area contributed by atoms with Crippen LogP contribution in [0.25, 0.3) is 11.0 Å². The highest BCUT2D eigenvalue weighted by Gasteiger charge is 2.20. The number of nitrogens with zero attached hydrogens (tertiary/aromatic N) is 3. The van der Waals surface area contributed by atoms with E-state index >= 15 is 0 Å². The monoisotopic (exact) mass is 370 g/mol. The number of benzene rings is 1. The molecule has 0 aliphatic carbocycles. The number of halogens is 1. The van der Waals surface area contributed by atoms with Crippen molar-refractivity contribution < 1.29 is 4.42 Å². The van der Waals surface area contributed by atoms with Gasteiger partial charge in [-0.1, -0.05) is 17.7 Å². The van der Waals surface area contributed by atoms with Gasteiger partial charge in [-0.15, -0.1) is 10.2 Å². The van der Waals surface area contributed by atoms with E-state index in [2.05, 4.69) is 45.5 Å². The second kappa shape index (κ2) is 7.64. The summed E-state index contributed by atoms with van der Waals surface area (Å²) in [6.45, 7) is 5.28. The van der Waals surface area contributed by atoms with Gasteiger partial charge in [0.15, 0.2) is 5.15 Å². The molecular formula is C20H23ClN4O. The summed E-state index contributed by atoms with van der Waals surface area (Å²) >= 11 is 5.76. The van der Waals surface area contributed by atoms with Gasteiger partial charge in [0.25, 0.3) is 0 Å². The van der Waals surface area contributed by atoms with E-state index in [1.54, 1.807) is 6.07 Å². The molecule has 1 aliphatic rings. The SMILES string of the molecule is C[C@@H]1CCCN1CCc1cc2cc(CNc3ccc(Cl)nn3)ccc2o1. The lowest BCUT2D eigenvalue weighted by atomic mass is 10.1. The predicted molar refractivity (Wildman–Crippen MR) is 105 cm³/mol. The summed E-state index contributed by atoms with van der Waals surface area (Å²) in [5, 5.41) is 12.6. The van der Waals surface area contributed by atoms with E-state index in [0.29, 0.717) is 23.6 Å². The Balaban J connectivity index is 1.39. The number of aromatic nitrogens is 2. The van der Waals surface area contributed by atoms with Crippen LogP contribution in [0.1, 0.15) is 31.1 Å². The van der Waals surface area contributed by atoms with E-state index in [4.69, 9.17) is 16.0 Å². The highest BCUT2D eigenvalue weighted by molar-refractivity contribution is 6.29. The fourth-order valence-corrected chi connectivity index (χ4v) is 3.66. The molecule has 0 saturated carbocycles. The molecule has 0 amide bonds. The first kappa shape index (κ1) is 17.3. The van der Waals surface area contributed by atoms with Crippen molar-refractivity contribution in [3.8, 4) is 0 Å². The molecule has 1 atom stereocenters. The standard InChI is InChI=1S/C20H23ClN4O/c1-14-3-2-9-25(14)10-8-17-12-16-11-15(4-5-18(16)26-17)13-22-20-7-6-19(21)23-24-20/h4-7,11-12,14H,2-3,8-10,13H2,1H3,(H,22,24)/t14-/m1/s1. The van der Waals surface area contributed by atoms with Gasteiger partial charge in [0.2, 0.25) is 0 Å². The normalized spacial score (nSPS) is 17.8. The predicted octanol–water partition coefficient (Wildman–Crippen LogP) is 4.52. The Bertz CT molecular complexity index is 877. The Kier molecular flexibility index (Phi) is 5.09. The molecular weight excluding hydrogens is 348 g/mol. The van der Waals surface area contributed by atoms with Crippen molar-refractivity contribution >= 4 is 28.4 Å². The van der Waals surface area contributed by atoms with Crippen molar-refractivity contribution in [3.63, 3.8) is 0 Å². The minimum Gasteiger partial charge on any atom is -0.461 e. The summed E-state index contributed by atoms with van der Waals surface area (Å²) in [5.41, 5.74) is 2.12. The summed E-state index contributed by atoms with van der Waals surface area (Å²) in [6.07, 6.45) is 3.59. The highest BCUT2D eigenvalue weighted by atomic mass is 35.5. The molecule has 4 rings (SSSR count). The second-order valence-corrected chi connectivity index (χ2v) is 7.34. The maximum Gasteiger partial charge on any atom is 0.151 e. The quantitative estimate of drug-likeness (QED) is 0.691. The van der Waals surface area contributed by atoms with Crippen molar-refractivity contribution in [1.29, 1.82) is 0 Å². The molecule has 0 radical (unpaired) electrons. The molecule has 1 fully saturated rings. The lowest BCUT2D eigenvalue weighted by Gasteiger charge is -2.19. The van der Waals surface area contributed by atoms with Gasteiger partial charge in [0.05, 0.1) is 0 Å². The lowest BCUT2D eigenvalue weighted by molar-refractivity contribution is 0.266. The molecule has 1 saturated heterocycles. The summed E-state index contributed by atoms with van der Waals surface area (Å²) in [4.78, 5) is 2.55. The van der Waals surface area contributed by atoms with Crippen LogP contribution in [-0.2, 0) is 13.0 Å². The topological polar surface area (TPSA) is 54.2 Å². The van der Waals surface area contributed by atoms with E-state index in [1.165, 1.54) is 24.9 Å². The fraction of sp³-hybridized carbons (Fsp3) is 0.400. The molecule has 3 aromatic rings. The summed E-state index contributed by atoms with van der Waals surface area (Å²) in [5.74, 6) is 1.77. The molecule has 0 bridgehead atoms. The Morgan fingerprint density at radius 1 is 1.23 bits per heavy atom. The maximum absolute atomic E-state index is 6.01. The number of fused-ring (bicyclic) bond motifs is 1. The Morgan fingerprint density at radius 3 is 2.92 bits per heavy atom. The number of hydrogen-bond acceptors (Lipinski definition) is 5. The van der Waals surface area contributed by atoms with Gasteiger partial charge >= 0.3 is 0 Å². The second-order valence-electron chi connectivity index (χ2n) is 6.96. The first-order chi connectivity index (χ1) is 12.7. The average Bonchev–Trinajstić information content (AvgIpc) is 3.24. The van der Waals surface area contributed by atoms with E-state index in [1.807, 2.05) is 12.1 Å². The largest absolute Gasteiger partial charge is 0.461 e. The Hall–Kier alpha value is -2.11. The van der Waals surface area contributed by atoms with E-state index < -0.39 is 0 Å². The van der Waals surface area contributed by atoms with Gasteiger partial charge in [-0.3, -0.25) is 0 Å². The zero-order valence-electron chi connectivity index (χ0n) is 14.9. The molecule has 6 heteroatoms. The van der Waals surface area contributed by atoms with Crippen molar-refractivity contribution in [2.45, 2.75) is 38.8 Å². The van der Waals surface area contributed by atoms with Gasteiger partial charge in [0, 0.05) is 30.9 Å². The number of likely N-dealkylation sites (tertiary alicyclic amines) is 1. The first-order valence-corrected chi connectivity index (χ1v) is 9.54. The molecule has 26 heavy (non-hydrogen) atoms. The van der Waals surface area contributed by atoms with Crippen molar-refractivity contribution in [2.24, 2.45) is 0 Å². The number of furan rings is 1. The number of rotatable bonds is 6. The van der Waals surface area contributed by atoms with E-state index in [0.717, 1.165) is 29.7 Å². The Labute approximate surface area is 158 Å². The molecule has 1 aromatic carbocycles. The van der Waals surface area contributed by atoms with Gasteiger partial charge in [-0.05, 0) is 62.2 Å². The average molecular weight is 371 g/mol. The molecule has 2 aromatic heterocycles. The van der Waals surface area contributed by atoms with Crippen LogP contribution in [0.15, 0.2) is 40.8 Å². The summed E-state index contributed by atoms with van der Waals surface area (Å²) in [6, 6.07) is 12.7. The van der Waals surface area contributed by atoms with Gasteiger partial charge in [0.1, 0.15) is 17.2 Å². The maximum atomic E-state index is 6.01. The van der Waals surface area contributed by atoms with Crippen LogP contribution in [0.3, 0.4) is 0 Å². The van der Waals surface area contributed by atoms with E-state index in [9.17, 15) is 0 Å². The van der Waals surface area contributed by atoms with Crippen LogP contribution in [0.5, 0.6) is 0 Å². The molecule has 1 N–H and O–H groups in total. The minimum absolute atomic E-state index is 0.395. The van der Waals surface area contributed by atoms with Gasteiger partial charge in [-0.25, -0.2) is 0 Å². The third-order valence-corrected chi connectivity index (χ3v) is 5.27. The number of anilines is 1. The van der Waals surface area contributed by atoms with Crippen LogP contribution >= 0.6 is 11.6 Å². The van der Waals surface area contributed by atoms with Crippen LogP contribution in [-0.4, -0.2) is 34.2 Å². The Morgan fingerprint density at radius 2 is 2.15 bits per heavy atom. The van der Waals surface area contributed by atoms with Gasteiger partial charge < -0.3 is 14.6 Å². The minimum atomic E-state index is 0.395. The molecule has 0 unspecified atom stereocenters. The molecule has 136 valence electrons. The smallest absolute Gasteiger partial charge is 0.151 e. The van der Waals surface area contributed by atoms with Crippen molar-refractivity contribution in [1.82, 2.24) is 15.1 Å². The summed E-state index contributed by atoms with van der Waals surface area (Å²) < 4.78 is 6.01. The van der Waals surface area contributed by atoms with Crippen LogP contribution < -0.4 is 5.32 Å². The third-order valence-electron chi connectivity index (χ3n) is 5.07. The molecule has 5 nitrogen and oxygen atoms in total. The molecule has 3 heterocycles. The summed E-state index contributed by atoms with van der Waals surface area (Å²) in [7, 11) is 0. The van der Waals surface area contributed by atoms with Crippen molar-refractivity contribution in [2.75, 3.05) is 18.4 Å². The van der Waals surface area contributed by atoms with Crippen LogP contribution in [0.2, 0.25) is 5.15 Å². The number of hydrogen-bond donors (Lipinski definition) is 1. The zero-order valence-corrected chi connectivity index (χ0v) is 15.7. The van der Waals surface area contributed by atoms with Crippen LogP contribution in [0.4, 0.5) is 5.82 Å². The number of nitrogens with one attached hydrogen (secondary N) is 1. The van der Waals surface area contributed by atoms with E-state index in [-0.39, 0.29) is 0 Å². The van der Waals surface area contributed by atoms with Crippen molar-refractivity contribution in [3.05, 3.63) is 52.9 Å². The zero-order chi connectivity index (χ0) is 17.9. The fourth-order valence-electron chi connectivity index (χ4n) is 3.56. The third kappa shape index (κ3) is 4.00. The first-order valence-electron chi connectivity index (χ1n) is 9.16. The molecule has 0 spiro atoms. The highest BCUT2D eigenvalue weighted by Crippen LogP contribution is 2.23.